The van der Waals surface area contributed by atoms with Gasteiger partial charge < -0.3 is 15.8 Å². The van der Waals surface area contributed by atoms with E-state index in [-0.39, 0.29) is 30.2 Å². The Hall–Kier alpha value is -1.33. The van der Waals surface area contributed by atoms with Crippen LogP contribution < -0.4 is 15.8 Å². The summed E-state index contributed by atoms with van der Waals surface area (Å²) in [6.45, 7) is 2.52. The van der Waals surface area contributed by atoms with Gasteiger partial charge in [-0.25, -0.2) is 4.39 Å². The average Bonchev–Trinajstić information content (AvgIpc) is 2.26. The fourth-order valence-corrected chi connectivity index (χ4v) is 1.25. The highest BCUT2D eigenvalue weighted by atomic mass is 35.5. The summed E-state index contributed by atoms with van der Waals surface area (Å²) >= 11 is 0. The van der Waals surface area contributed by atoms with Crippen LogP contribution in [0.5, 0.6) is 5.75 Å². The van der Waals surface area contributed by atoms with E-state index in [1.165, 1.54) is 12.1 Å². The first-order valence-corrected chi connectivity index (χ1v) is 5.48. The Labute approximate surface area is 112 Å². The number of hydrogen-bond donors (Lipinski definition) is 2. The second-order valence-corrected chi connectivity index (χ2v) is 3.83. The molecule has 4 nitrogen and oxygen atoms in total. The smallest absolute Gasteiger partial charge is 0.221 e. The number of benzene rings is 1. The number of nitrogens with two attached hydrogens (primary N) is 1. The van der Waals surface area contributed by atoms with E-state index in [2.05, 4.69) is 5.32 Å². The Bertz CT molecular complexity index is 358. The van der Waals surface area contributed by atoms with Crippen molar-refractivity contribution < 1.29 is 13.9 Å². The molecule has 0 aliphatic rings. The second kappa shape index (κ2) is 8.72. The fraction of sp³-hybridized carbons (Fsp3) is 0.417. The molecule has 0 aliphatic heterocycles. The summed E-state index contributed by atoms with van der Waals surface area (Å²) in [5.74, 6) is 0.179. The summed E-state index contributed by atoms with van der Waals surface area (Å²) in [6.07, 6.45) is 0.302. The molecule has 0 radical (unpaired) electrons. The van der Waals surface area contributed by atoms with Crippen molar-refractivity contribution in [1.29, 1.82) is 0 Å². The second-order valence-electron chi connectivity index (χ2n) is 3.83. The Morgan fingerprint density at radius 1 is 1.44 bits per heavy atom. The highest BCUT2D eigenvalue weighted by molar-refractivity contribution is 5.85. The van der Waals surface area contributed by atoms with Crippen molar-refractivity contribution in [3.05, 3.63) is 30.1 Å². The van der Waals surface area contributed by atoms with Crippen LogP contribution in [0.15, 0.2) is 24.3 Å². The van der Waals surface area contributed by atoms with Crippen molar-refractivity contribution in [2.24, 2.45) is 5.73 Å². The van der Waals surface area contributed by atoms with Crippen LogP contribution in [0.4, 0.5) is 4.39 Å². The minimum Gasteiger partial charge on any atom is -0.492 e. The third-order valence-corrected chi connectivity index (χ3v) is 2.01. The van der Waals surface area contributed by atoms with E-state index in [4.69, 9.17) is 10.5 Å². The number of carbonyl (C=O) groups excluding carboxylic acids is 1. The molecule has 0 saturated heterocycles. The lowest BCUT2D eigenvalue weighted by Crippen LogP contribution is -2.32. The predicted molar refractivity (Wildman–Crippen MR) is 70.4 cm³/mol. The monoisotopic (exact) mass is 276 g/mol. The minimum atomic E-state index is -0.303. The van der Waals surface area contributed by atoms with Gasteiger partial charge in [-0.3, -0.25) is 4.79 Å². The lowest BCUT2D eigenvalue weighted by atomic mass is 10.2. The maximum absolute atomic E-state index is 12.6. The maximum Gasteiger partial charge on any atom is 0.221 e. The minimum absolute atomic E-state index is 0. The third-order valence-electron chi connectivity index (χ3n) is 2.01. The van der Waals surface area contributed by atoms with Crippen molar-refractivity contribution >= 4 is 18.3 Å². The van der Waals surface area contributed by atoms with Gasteiger partial charge in [0.15, 0.2) is 0 Å². The first-order chi connectivity index (χ1) is 8.08. The lowest BCUT2D eigenvalue weighted by Gasteiger charge is -2.08. The third kappa shape index (κ3) is 7.09. The molecule has 0 fully saturated rings. The predicted octanol–water partition coefficient (Wildman–Crippen LogP) is 1.48. The molecular formula is C12H18ClFN2O2. The highest BCUT2D eigenvalue weighted by Gasteiger charge is 2.03. The molecule has 0 heterocycles. The molecule has 0 spiro atoms. The number of hydrogen-bond acceptors (Lipinski definition) is 3. The van der Waals surface area contributed by atoms with Gasteiger partial charge in [-0.05, 0) is 31.2 Å². The lowest BCUT2D eigenvalue weighted by molar-refractivity contribution is -0.121. The van der Waals surface area contributed by atoms with Crippen molar-refractivity contribution in [3.8, 4) is 5.75 Å². The largest absolute Gasteiger partial charge is 0.492 e. The van der Waals surface area contributed by atoms with Crippen molar-refractivity contribution in [2.75, 3.05) is 13.2 Å². The molecule has 1 amide bonds. The molecule has 0 saturated carbocycles. The van der Waals surface area contributed by atoms with Gasteiger partial charge in [0.05, 0.1) is 6.54 Å². The van der Waals surface area contributed by atoms with Crippen molar-refractivity contribution in [2.45, 2.75) is 19.4 Å². The summed E-state index contributed by atoms with van der Waals surface area (Å²) in [5, 5.41) is 2.68. The zero-order valence-corrected chi connectivity index (χ0v) is 11.0. The van der Waals surface area contributed by atoms with Crippen molar-refractivity contribution in [1.82, 2.24) is 5.32 Å². The highest BCUT2D eigenvalue weighted by Crippen LogP contribution is 2.10. The van der Waals surface area contributed by atoms with Crippen LogP contribution in [0.2, 0.25) is 0 Å². The van der Waals surface area contributed by atoms with Gasteiger partial charge in [0.2, 0.25) is 5.91 Å². The number of nitrogens with one attached hydrogen (secondary N) is 1. The molecule has 0 bridgehead atoms. The van der Waals surface area contributed by atoms with Gasteiger partial charge in [0.25, 0.3) is 0 Å². The number of rotatable bonds is 6. The Morgan fingerprint density at radius 2 is 2.06 bits per heavy atom. The molecule has 1 aromatic rings. The molecule has 1 aromatic carbocycles. The molecule has 3 N–H and O–H groups in total. The summed E-state index contributed by atoms with van der Waals surface area (Å²) in [4.78, 5) is 11.2. The van der Waals surface area contributed by atoms with Gasteiger partial charge in [0.1, 0.15) is 18.2 Å². The first-order valence-electron chi connectivity index (χ1n) is 5.48. The van der Waals surface area contributed by atoms with Gasteiger partial charge in [-0.15, -0.1) is 12.4 Å². The Morgan fingerprint density at radius 3 is 2.61 bits per heavy atom. The van der Waals surface area contributed by atoms with Crippen LogP contribution in [-0.2, 0) is 4.79 Å². The molecule has 102 valence electrons. The first kappa shape index (κ1) is 16.7. The van der Waals surface area contributed by atoms with Gasteiger partial charge in [0, 0.05) is 12.5 Å². The Balaban J connectivity index is 0.00000289. The van der Waals surface area contributed by atoms with Crippen molar-refractivity contribution in [3.63, 3.8) is 0 Å². The van der Waals surface area contributed by atoms with Crippen LogP contribution in [0.1, 0.15) is 13.3 Å². The number of amides is 1. The summed E-state index contributed by atoms with van der Waals surface area (Å²) in [6, 6.07) is 5.58. The van der Waals surface area contributed by atoms with Crippen LogP contribution in [-0.4, -0.2) is 25.1 Å². The quantitative estimate of drug-likeness (QED) is 0.774. The summed E-state index contributed by atoms with van der Waals surface area (Å²) in [5.41, 5.74) is 5.48. The van der Waals surface area contributed by atoms with Crippen LogP contribution in [0.3, 0.4) is 0 Å². The molecule has 0 aromatic heterocycles. The zero-order chi connectivity index (χ0) is 12.7. The molecular weight excluding hydrogens is 259 g/mol. The topological polar surface area (TPSA) is 64.4 Å². The maximum atomic E-state index is 12.6. The van der Waals surface area contributed by atoms with E-state index in [1.807, 2.05) is 0 Å². The van der Waals surface area contributed by atoms with E-state index in [0.29, 0.717) is 25.3 Å². The van der Waals surface area contributed by atoms with Crippen LogP contribution in [0.25, 0.3) is 0 Å². The molecule has 18 heavy (non-hydrogen) atoms. The van der Waals surface area contributed by atoms with Gasteiger partial charge in [-0.1, -0.05) is 0 Å². The number of ether oxygens (including phenoxy) is 1. The summed E-state index contributed by atoms with van der Waals surface area (Å²) in [7, 11) is 0. The SMILES string of the molecule is CC(N)CC(=O)NCCOc1ccc(F)cc1.Cl. The summed E-state index contributed by atoms with van der Waals surface area (Å²) < 4.78 is 17.9. The molecule has 1 rings (SSSR count). The van der Waals surface area contributed by atoms with Crippen LogP contribution >= 0.6 is 12.4 Å². The van der Waals surface area contributed by atoms with Crippen LogP contribution in [0, 0.1) is 5.82 Å². The number of halogens is 2. The van der Waals surface area contributed by atoms with Gasteiger partial charge in [-0.2, -0.15) is 0 Å². The number of carbonyl (C=O) groups is 1. The van der Waals surface area contributed by atoms with E-state index >= 15 is 0 Å². The van der Waals surface area contributed by atoms with E-state index in [0.717, 1.165) is 0 Å². The average molecular weight is 277 g/mol. The standard InChI is InChI=1S/C12H17FN2O2.ClH/c1-9(14)8-12(16)15-6-7-17-11-4-2-10(13)3-5-11;/h2-5,9H,6-8,14H2,1H3,(H,15,16);1H. The Kier molecular flexibility index (Phi) is 8.07. The molecule has 0 aliphatic carbocycles. The van der Waals surface area contributed by atoms with E-state index < -0.39 is 0 Å². The van der Waals surface area contributed by atoms with E-state index in [9.17, 15) is 9.18 Å². The molecule has 6 heteroatoms. The normalized spacial score (nSPS) is 11.3. The van der Waals surface area contributed by atoms with Gasteiger partial charge >= 0.3 is 0 Å². The van der Waals surface area contributed by atoms with E-state index in [1.54, 1.807) is 19.1 Å². The fourth-order valence-electron chi connectivity index (χ4n) is 1.25. The molecule has 1 atom stereocenters. The molecule has 1 unspecified atom stereocenters. The zero-order valence-electron chi connectivity index (χ0n) is 10.2.